The zero-order valence-electron chi connectivity index (χ0n) is 18.5. The monoisotopic (exact) mass is 436 g/mol. The molecule has 1 aromatic heterocycles. The van der Waals surface area contributed by atoms with Crippen LogP contribution in [-0.2, 0) is 27.3 Å². The highest BCUT2D eigenvalue weighted by atomic mass is 16.5. The Hall–Kier alpha value is -3.32. The van der Waals surface area contributed by atoms with Gasteiger partial charge in [-0.25, -0.2) is 0 Å². The Kier molecular flexibility index (Phi) is 6.75. The topological polar surface area (TPSA) is 72.2 Å². The summed E-state index contributed by atoms with van der Waals surface area (Å²) in [6.07, 6.45) is 1.59. The fourth-order valence-electron chi connectivity index (χ4n) is 3.99. The lowest BCUT2D eigenvalue weighted by molar-refractivity contribution is -0.152. The molecule has 0 unspecified atom stereocenters. The van der Waals surface area contributed by atoms with Gasteiger partial charge in [0.05, 0.1) is 19.8 Å². The van der Waals surface area contributed by atoms with Crippen molar-refractivity contribution in [1.82, 2.24) is 9.80 Å². The van der Waals surface area contributed by atoms with Gasteiger partial charge in [0.15, 0.2) is 6.61 Å². The van der Waals surface area contributed by atoms with E-state index in [1.807, 2.05) is 12.1 Å². The minimum Gasteiger partial charge on any atom is -0.497 e. The summed E-state index contributed by atoms with van der Waals surface area (Å²) >= 11 is 0. The normalized spacial score (nSPS) is 14.5. The average Bonchev–Trinajstić information content (AvgIpc) is 3.19. The fourth-order valence-corrected chi connectivity index (χ4v) is 3.99. The van der Waals surface area contributed by atoms with E-state index < -0.39 is 5.97 Å². The van der Waals surface area contributed by atoms with Crippen LogP contribution in [0.1, 0.15) is 16.7 Å². The second kappa shape index (κ2) is 9.87. The maximum absolute atomic E-state index is 12.5. The molecule has 2 aromatic carbocycles. The number of furan rings is 1. The number of hydrogen-bond donors (Lipinski definition) is 0. The molecule has 0 radical (unpaired) electrons. The molecule has 0 spiro atoms. The molecule has 168 valence electrons. The van der Waals surface area contributed by atoms with Crippen molar-refractivity contribution in [2.24, 2.45) is 0 Å². The molecule has 1 aliphatic rings. The van der Waals surface area contributed by atoms with Crippen LogP contribution in [0, 0.1) is 6.92 Å². The van der Waals surface area contributed by atoms with Gasteiger partial charge < -0.3 is 18.8 Å². The number of aryl methyl sites for hydroxylation is 1. The molecule has 0 bridgehead atoms. The summed E-state index contributed by atoms with van der Waals surface area (Å²) in [5.41, 5.74) is 3.90. The van der Waals surface area contributed by atoms with Crippen molar-refractivity contribution < 1.29 is 23.5 Å². The SMILES string of the molecule is COc1ccc2c(CC(=O)OCC(=O)N3CCN(Cc4cccc(C)c4)CC3)coc2c1. The van der Waals surface area contributed by atoms with Crippen molar-refractivity contribution in [2.45, 2.75) is 19.9 Å². The minimum atomic E-state index is -0.449. The highest BCUT2D eigenvalue weighted by molar-refractivity contribution is 5.87. The Morgan fingerprint density at radius 1 is 1.06 bits per heavy atom. The van der Waals surface area contributed by atoms with E-state index in [-0.39, 0.29) is 18.9 Å². The number of amides is 1. The first-order valence-electron chi connectivity index (χ1n) is 10.8. The van der Waals surface area contributed by atoms with E-state index in [1.165, 1.54) is 11.1 Å². The maximum atomic E-state index is 12.5. The molecule has 7 nitrogen and oxygen atoms in total. The van der Waals surface area contributed by atoms with Crippen LogP contribution in [0.3, 0.4) is 0 Å². The number of esters is 1. The summed E-state index contributed by atoms with van der Waals surface area (Å²) in [5, 5.41) is 0.832. The Morgan fingerprint density at radius 3 is 2.62 bits per heavy atom. The molecule has 0 atom stereocenters. The first-order chi connectivity index (χ1) is 15.5. The maximum Gasteiger partial charge on any atom is 0.310 e. The lowest BCUT2D eigenvalue weighted by Crippen LogP contribution is -2.49. The zero-order chi connectivity index (χ0) is 22.5. The van der Waals surface area contributed by atoms with Crippen molar-refractivity contribution in [3.8, 4) is 5.75 Å². The minimum absolute atomic E-state index is 0.0525. The Balaban J connectivity index is 1.22. The van der Waals surface area contributed by atoms with Gasteiger partial charge in [-0.3, -0.25) is 14.5 Å². The zero-order valence-corrected chi connectivity index (χ0v) is 18.5. The molecule has 1 fully saturated rings. The van der Waals surface area contributed by atoms with E-state index in [9.17, 15) is 9.59 Å². The molecule has 1 saturated heterocycles. The first-order valence-corrected chi connectivity index (χ1v) is 10.8. The van der Waals surface area contributed by atoms with Gasteiger partial charge >= 0.3 is 5.97 Å². The molecule has 0 aliphatic carbocycles. The second-order valence-electron chi connectivity index (χ2n) is 8.11. The van der Waals surface area contributed by atoms with E-state index in [0.29, 0.717) is 24.4 Å². The predicted molar refractivity (Wildman–Crippen MR) is 120 cm³/mol. The van der Waals surface area contributed by atoms with Crippen LogP contribution in [-0.4, -0.2) is 61.6 Å². The summed E-state index contributed by atoms with van der Waals surface area (Å²) in [6, 6.07) is 13.9. The number of benzene rings is 2. The van der Waals surface area contributed by atoms with Gasteiger partial charge in [0.1, 0.15) is 11.3 Å². The fraction of sp³-hybridized carbons (Fsp3) is 0.360. The van der Waals surface area contributed by atoms with E-state index >= 15 is 0 Å². The third-order valence-corrected chi connectivity index (χ3v) is 5.77. The average molecular weight is 437 g/mol. The number of piperazine rings is 1. The van der Waals surface area contributed by atoms with Crippen LogP contribution >= 0.6 is 0 Å². The number of nitrogens with zero attached hydrogens (tertiary/aromatic N) is 2. The molecular weight excluding hydrogens is 408 g/mol. The standard InChI is InChI=1S/C25H28N2O5/c1-18-4-3-5-19(12-18)15-26-8-10-27(11-9-26)24(28)17-32-25(29)13-20-16-31-23-14-21(30-2)6-7-22(20)23/h3-7,12,14,16H,8-11,13,15,17H2,1-2H3. The van der Waals surface area contributed by atoms with Gasteiger partial charge in [-0.2, -0.15) is 0 Å². The predicted octanol–water partition coefficient (Wildman–Crippen LogP) is 3.18. The third kappa shape index (κ3) is 5.29. The number of methoxy groups -OCH3 is 1. The van der Waals surface area contributed by atoms with Gasteiger partial charge in [0, 0.05) is 49.7 Å². The van der Waals surface area contributed by atoms with Crippen LogP contribution in [0.25, 0.3) is 11.0 Å². The number of hydrogen-bond acceptors (Lipinski definition) is 6. The van der Waals surface area contributed by atoms with Gasteiger partial charge in [-0.1, -0.05) is 29.8 Å². The smallest absolute Gasteiger partial charge is 0.310 e. The summed E-state index contributed by atoms with van der Waals surface area (Å²) in [4.78, 5) is 28.9. The van der Waals surface area contributed by atoms with Gasteiger partial charge in [0.2, 0.25) is 0 Å². The van der Waals surface area contributed by atoms with E-state index in [2.05, 4.69) is 36.1 Å². The Labute approximate surface area is 187 Å². The summed E-state index contributed by atoms with van der Waals surface area (Å²) in [7, 11) is 1.59. The number of carbonyl (C=O) groups excluding carboxylic acids is 2. The van der Waals surface area contributed by atoms with Crippen molar-refractivity contribution in [1.29, 1.82) is 0 Å². The molecule has 1 amide bonds. The highest BCUT2D eigenvalue weighted by Gasteiger charge is 2.22. The lowest BCUT2D eigenvalue weighted by Gasteiger charge is -2.34. The van der Waals surface area contributed by atoms with E-state index in [1.54, 1.807) is 24.3 Å². The highest BCUT2D eigenvalue weighted by Crippen LogP contribution is 2.26. The second-order valence-corrected chi connectivity index (χ2v) is 8.11. The van der Waals surface area contributed by atoms with Crippen molar-refractivity contribution in [3.05, 3.63) is 65.4 Å². The van der Waals surface area contributed by atoms with Crippen LogP contribution in [0.15, 0.2) is 53.1 Å². The molecule has 4 rings (SSSR count). The molecular formula is C25H28N2O5. The Bertz CT molecular complexity index is 1100. The van der Waals surface area contributed by atoms with E-state index in [0.717, 1.165) is 30.6 Å². The number of rotatable bonds is 7. The molecule has 7 heteroatoms. The van der Waals surface area contributed by atoms with Crippen molar-refractivity contribution >= 4 is 22.8 Å². The van der Waals surface area contributed by atoms with Crippen molar-refractivity contribution in [3.63, 3.8) is 0 Å². The molecule has 32 heavy (non-hydrogen) atoms. The van der Waals surface area contributed by atoms with Crippen LogP contribution < -0.4 is 4.74 Å². The molecule has 1 aliphatic heterocycles. The molecule has 0 saturated carbocycles. The number of carbonyl (C=O) groups is 2. The summed E-state index contributed by atoms with van der Waals surface area (Å²) in [5.74, 6) is 0.0795. The molecule has 0 N–H and O–H groups in total. The third-order valence-electron chi connectivity index (χ3n) is 5.77. The first kappa shape index (κ1) is 21.9. The van der Waals surface area contributed by atoms with Gasteiger partial charge in [0.25, 0.3) is 5.91 Å². The van der Waals surface area contributed by atoms with Gasteiger partial charge in [-0.15, -0.1) is 0 Å². The van der Waals surface area contributed by atoms with E-state index in [4.69, 9.17) is 13.9 Å². The molecule has 3 aromatic rings. The number of ether oxygens (including phenoxy) is 2. The summed E-state index contributed by atoms with van der Waals surface area (Å²) in [6.45, 7) is 5.61. The Morgan fingerprint density at radius 2 is 1.88 bits per heavy atom. The van der Waals surface area contributed by atoms with Crippen LogP contribution in [0.2, 0.25) is 0 Å². The quantitative estimate of drug-likeness (QED) is 0.530. The largest absolute Gasteiger partial charge is 0.497 e. The lowest BCUT2D eigenvalue weighted by atomic mass is 10.1. The van der Waals surface area contributed by atoms with Crippen LogP contribution in [0.4, 0.5) is 0 Å². The molecule has 2 heterocycles. The summed E-state index contributed by atoms with van der Waals surface area (Å²) < 4.78 is 15.9. The van der Waals surface area contributed by atoms with Crippen molar-refractivity contribution in [2.75, 3.05) is 39.9 Å². The number of fused-ring (bicyclic) bond motifs is 1. The van der Waals surface area contributed by atoms with Crippen LogP contribution in [0.5, 0.6) is 5.75 Å². The van der Waals surface area contributed by atoms with Gasteiger partial charge in [-0.05, 0) is 24.6 Å².